The van der Waals surface area contributed by atoms with Crippen LogP contribution in [0.15, 0.2) is 24.3 Å². The van der Waals surface area contributed by atoms with E-state index in [9.17, 15) is 5.11 Å². The zero-order valence-corrected chi connectivity index (χ0v) is 11.0. The monoisotopic (exact) mass is 234 g/mol. The molecule has 1 aliphatic rings. The molecule has 2 heteroatoms. The summed E-state index contributed by atoms with van der Waals surface area (Å²) in [5.41, 5.74) is 1.61. The third-order valence-corrected chi connectivity index (χ3v) is 4.02. The van der Waals surface area contributed by atoms with Gasteiger partial charge in [0.1, 0.15) is 0 Å². The minimum Gasteiger partial charge on any atom is -0.385 e. The quantitative estimate of drug-likeness (QED) is 0.867. The molecule has 0 saturated carbocycles. The lowest BCUT2D eigenvalue weighted by molar-refractivity contribution is -0.0280. The fraction of sp³-hybridized carbons (Fsp3) is 0.600. The Labute approximate surface area is 104 Å². The molecular weight excluding hydrogens is 212 g/mol. The molecule has 2 nitrogen and oxygen atoms in total. The van der Waals surface area contributed by atoms with Gasteiger partial charge in [-0.05, 0) is 50.7 Å². The third-order valence-electron chi connectivity index (χ3n) is 4.02. The Bertz CT molecular complexity index is 398. The lowest BCUT2D eigenvalue weighted by Crippen LogP contribution is -2.29. The van der Waals surface area contributed by atoms with E-state index in [2.05, 4.69) is 26.0 Å². The molecule has 1 aliphatic carbocycles. The number of hydrogen-bond donors (Lipinski definition) is 1. The van der Waals surface area contributed by atoms with Gasteiger partial charge in [0.2, 0.25) is 0 Å². The fourth-order valence-corrected chi connectivity index (χ4v) is 2.54. The van der Waals surface area contributed by atoms with Gasteiger partial charge in [-0.1, -0.05) is 24.3 Å². The van der Waals surface area contributed by atoms with Crippen molar-refractivity contribution >= 4 is 0 Å². The summed E-state index contributed by atoms with van der Waals surface area (Å²) in [7, 11) is 1.73. The van der Waals surface area contributed by atoms with E-state index in [1.54, 1.807) is 7.11 Å². The Morgan fingerprint density at radius 3 is 2.76 bits per heavy atom. The first-order valence-electron chi connectivity index (χ1n) is 6.33. The van der Waals surface area contributed by atoms with Gasteiger partial charge in [-0.3, -0.25) is 0 Å². The van der Waals surface area contributed by atoms with Crippen LogP contribution in [0.5, 0.6) is 0 Å². The van der Waals surface area contributed by atoms with Gasteiger partial charge in [0.05, 0.1) is 11.2 Å². The van der Waals surface area contributed by atoms with Crippen LogP contribution < -0.4 is 0 Å². The molecule has 0 heterocycles. The standard InChI is InChI=1S/C15H22O2/c1-14(2,17-3)10-11-15(16)9-8-12-6-4-5-7-13(12)15/h4-7,16H,8-11H2,1-3H3. The first-order chi connectivity index (χ1) is 7.97. The first-order valence-corrected chi connectivity index (χ1v) is 6.33. The van der Waals surface area contributed by atoms with E-state index in [0.717, 1.165) is 31.2 Å². The Hall–Kier alpha value is -0.860. The Morgan fingerprint density at radius 1 is 1.35 bits per heavy atom. The van der Waals surface area contributed by atoms with Crippen LogP contribution in [0.3, 0.4) is 0 Å². The molecule has 0 spiro atoms. The molecule has 1 unspecified atom stereocenters. The molecule has 0 aliphatic heterocycles. The fourth-order valence-electron chi connectivity index (χ4n) is 2.54. The average molecular weight is 234 g/mol. The van der Waals surface area contributed by atoms with Crippen LogP contribution in [0.25, 0.3) is 0 Å². The highest BCUT2D eigenvalue weighted by Crippen LogP contribution is 2.41. The smallest absolute Gasteiger partial charge is 0.0903 e. The maximum Gasteiger partial charge on any atom is 0.0903 e. The van der Waals surface area contributed by atoms with E-state index in [0.29, 0.717) is 0 Å². The number of aryl methyl sites for hydroxylation is 1. The van der Waals surface area contributed by atoms with Gasteiger partial charge in [0.15, 0.2) is 0 Å². The SMILES string of the molecule is COC(C)(C)CCC1(O)CCc2ccccc21. The number of aliphatic hydroxyl groups is 1. The molecule has 94 valence electrons. The summed E-state index contributed by atoms with van der Waals surface area (Å²) in [6.07, 6.45) is 3.46. The molecule has 2 rings (SSSR count). The summed E-state index contributed by atoms with van der Waals surface area (Å²) in [6, 6.07) is 8.23. The van der Waals surface area contributed by atoms with E-state index in [-0.39, 0.29) is 5.60 Å². The normalized spacial score (nSPS) is 23.8. The Morgan fingerprint density at radius 2 is 2.06 bits per heavy atom. The molecule has 1 N–H and O–H groups in total. The van der Waals surface area contributed by atoms with Gasteiger partial charge in [-0.2, -0.15) is 0 Å². The van der Waals surface area contributed by atoms with Gasteiger partial charge < -0.3 is 9.84 Å². The van der Waals surface area contributed by atoms with Crippen molar-refractivity contribution in [2.45, 2.75) is 50.7 Å². The molecular formula is C15H22O2. The predicted molar refractivity (Wildman–Crippen MR) is 69.0 cm³/mol. The van der Waals surface area contributed by atoms with Gasteiger partial charge >= 0.3 is 0 Å². The number of hydrogen-bond acceptors (Lipinski definition) is 2. The van der Waals surface area contributed by atoms with Gasteiger partial charge in [0, 0.05) is 7.11 Å². The van der Waals surface area contributed by atoms with Crippen molar-refractivity contribution in [1.82, 2.24) is 0 Å². The van der Waals surface area contributed by atoms with Crippen LogP contribution in [0.1, 0.15) is 44.2 Å². The number of methoxy groups -OCH3 is 1. The van der Waals surface area contributed by atoms with Crippen LogP contribution in [-0.2, 0) is 16.8 Å². The van der Waals surface area contributed by atoms with E-state index in [1.807, 2.05) is 12.1 Å². The van der Waals surface area contributed by atoms with Crippen molar-refractivity contribution in [3.63, 3.8) is 0 Å². The van der Waals surface area contributed by atoms with E-state index in [4.69, 9.17) is 4.74 Å². The summed E-state index contributed by atoms with van der Waals surface area (Å²) in [5.74, 6) is 0. The van der Waals surface area contributed by atoms with Crippen LogP contribution in [-0.4, -0.2) is 17.8 Å². The second-order valence-electron chi connectivity index (χ2n) is 5.65. The van der Waals surface area contributed by atoms with Crippen LogP contribution >= 0.6 is 0 Å². The summed E-state index contributed by atoms with van der Waals surface area (Å²) in [4.78, 5) is 0. The van der Waals surface area contributed by atoms with E-state index in [1.165, 1.54) is 5.56 Å². The van der Waals surface area contributed by atoms with Crippen molar-refractivity contribution in [2.75, 3.05) is 7.11 Å². The van der Waals surface area contributed by atoms with E-state index < -0.39 is 5.60 Å². The van der Waals surface area contributed by atoms with E-state index >= 15 is 0 Å². The third kappa shape index (κ3) is 2.53. The minimum atomic E-state index is -0.646. The molecule has 1 aromatic rings. The molecule has 0 radical (unpaired) electrons. The minimum absolute atomic E-state index is 0.159. The van der Waals surface area contributed by atoms with Crippen molar-refractivity contribution in [2.24, 2.45) is 0 Å². The highest BCUT2D eigenvalue weighted by molar-refractivity contribution is 5.36. The highest BCUT2D eigenvalue weighted by atomic mass is 16.5. The topological polar surface area (TPSA) is 29.5 Å². The molecule has 0 fully saturated rings. The maximum atomic E-state index is 10.7. The lowest BCUT2D eigenvalue weighted by Gasteiger charge is -2.30. The number of benzene rings is 1. The maximum absolute atomic E-state index is 10.7. The predicted octanol–water partition coefficient (Wildman–Crippen LogP) is 3.03. The zero-order valence-electron chi connectivity index (χ0n) is 11.0. The summed E-state index contributed by atoms with van der Waals surface area (Å²) in [6.45, 7) is 4.13. The summed E-state index contributed by atoms with van der Waals surface area (Å²) < 4.78 is 5.42. The molecule has 17 heavy (non-hydrogen) atoms. The second-order valence-corrected chi connectivity index (χ2v) is 5.65. The van der Waals surface area contributed by atoms with Crippen molar-refractivity contribution < 1.29 is 9.84 Å². The zero-order chi connectivity index (χ0) is 12.5. The molecule has 0 bridgehead atoms. The molecule has 0 amide bonds. The molecule has 1 aromatic carbocycles. The Kier molecular flexibility index (Phi) is 3.28. The molecule has 0 saturated heterocycles. The lowest BCUT2D eigenvalue weighted by atomic mass is 9.87. The Balaban J connectivity index is 2.12. The highest BCUT2D eigenvalue weighted by Gasteiger charge is 2.37. The number of fused-ring (bicyclic) bond motifs is 1. The average Bonchev–Trinajstić information content (AvgIpc) is 2.67. The number of rotatable bonds is 4. The second kappa shape index (κ2) is 4.43. The van der Waals surface area contributed by atoms with Crippen LogP contribution in [0.2, 0.25) is 0 Å². The largest absolute Gasteiger partial charge is 0.385 e. The number of ether oxygens (including phenoxy) is 1. The summed E-state index contributed by atoms with van der Waals surface area (Å²) in [5, 5.41) is 10.7. The molecule has 0 aromatic heterocycles. The van der Waals surface area contributed by atoms with Crippen molar-refractivity contribution in [3.8, 4) is 0 Å². The van der Waals surface area contributed by atoms with Crippen LogP contribution in [0.4, 0.5) is 0 Å². The first kappa shape index (κ1) is 12.6. The van der Waals surface area contributed by atoms with Crippen LogP contribution in [0, 0.1) is 0 Å². The molecule has 1 atom stereocenters. The van der Waals surface area contributed by atoms with Gasteiger partial charge in [-0.15, -0.1) is 0 Å². The summed E-state index contributed by atoms with van der Waals surface area (Å²) >= 11 is 0. The van der Waals surface area contributed by atoms with Gasteiger partial charge in [0.25, 0.3) is 0 Å². The van der Waals surface area contributed by atoms with Gasteiger partial charge in [-0.25, -0.2) is 0 Å². The van der Waals surface area contributed by atoms with Crippen molar-refractivity contribution in [1.29, 1.82) is 0 Å². The van der Waals surface area contributed by atoms with Crippen molar-refractivity contribution in [3.05, 3.63) is 35.4 Å².